The Morgan fingerprint density at radius 1 is 1.39 bits per heavy atom. The van der Waals surface area contributed by atoms with Gasteiger partial charge in [0.15, 0.2) is 0 Å². The molecule has 0 bridgehead atoms. The highest BCUT2D eigenvalue weighted by Gasteiger charge is 2.04. The van der Waals surface area contributed by atoms with Crippen LogP contribution in [0.4, 0.5) is 5.82 Å². The number of nitrogens with one attached hydrogen (secondary N) is 2. The highest BCUT2D eigenvalue weighted by Crippen LogP contribution is 2.09. The molecule has 18 heavy (non-hydrogen) atoms. The van der Waals surface area contributed by atoms with E-state index in [1.165, 1.54) is 0 Å². The Hall–Kier alpha value is -1.66. The normalized spacial score (nSPS) is 10.3. The van der Waals surface area contributed by atoms with Crippen LogP contribution in [0.2, 0.25) is 0 Å². The van der Waals surface area contributed by atoms with Crippen LogP contribution in [-0.2, 0) is 4.74 Å². The number of hydrogen-bond acceptors (Lipinski definition) is 5. The third-order valence-corrected chi connectivity index (χ3v) is 2.33. The maximum absolute atomic E-state index is 11.1. The minimum Gasteiger partial charge on any atom is -0.383 e. The number of anilines is 1. The molecule has 6 nitrogen and oxygen atoms in total. The van der Waals surface area contributed by atoms with Gasteiger partial charge in [-0.1, -0.05) is 0 Å². The molecule has 0 spiro atoms. The number of ether oxygens (including phenoxy) is 1. The Morgan fingerprint density at radius 2 is 2.17 bits per heavy atom. The maximum atomic E-state index is 11.1. The van der Waals surface area contributed by atoms with Crippen LogP contribution in [-0.4, -0.2) is 44.2 Å². The van der Waals surface area contributed by atoms with Crippen molar-refractivity contribution in [3.05, 3.63) is 23.4 Å². The molecule has 0 fully saturated rings. The fourth-order valence-corrected chi connectivity index (χ4v) is 1.48. The molecule has 0 radical (unpaired) electrons. The smallest absolute Gasteiger partial charge is 0.248 e. The van der Waals surface area contributed by atoms with Crippen molar-refractivity contribution in [2.24, 2.45) is 5.73 Å². The quantitative estimate of drug-likeness (QED) is 0.573. The van der Waals surface area contributed by atoms with Gasteiger partial charge in [0.1, 0.15) is 5.82 Å². The zero-order valence-electron chi connectivity index (χ0n) is 10.8. The molecular weight excluding hydrogens is 232 g/mol. The molecule has 1 rings (SSSR count). The van der Waals surface area contributed by atoms with Crippen LogP contribution in [0.25, 0.3) is 0 Å². The number of amides is 1. The van der Waals surface area contributed by atoms with E-state index in [0.717, 1.165) is 25.3 Å². The molecular formula is C12H20N4O2. The number of aryl methyl sites for hydroxylation is 1. The monoisotopic (exact) mass is 252 g/mol. The van der Waals surface area contributed by atoms with Gasteiger partial charge in [0.25, 0.3) is 0 Å². The molecule has 1 aromatic rings. The number of pyridine rings is 1. The summed E-state index contributed by atoms with van der Waals surface area (Å²) in [5.74, 6) is 0.221. The lowest BCUT2D eigenvalue weighted by atomic mass is 10.2. The van der Waals surface area contributed by atoms with Crippen molar-refractivity contribution in [1.82, 2.24) is 10.3 Å². The third-order valence-electron chi connectivity index (χ3n) is 2.33. The van der Waals surface area contributed by atoms with E-state index >= 15 is 0 Å². The van der Waals surface area contributed by atoms with Gasteiger partial charge in [0.2, 0.25) is 5.91 Å². The number of hydrogen-bond donors (Lipinski definition) is 3. The number of rotatable bonds is 8. The summed E-state index contributed by atoms with van der Waals surface area (Å²) >= 11 is 0. The SMILES string of the molecule is COCCNCCNc1cc(C(N)=O)cc(C)n1. The van der Waals surface area contributed by atoms with Crippen LogP contribution in [0.15, 0.2) is 12.1 Å². The summed E-state index contributed by atoms with van der Waals surface area (Å²) in [6.07, 6.45) is 0. The number of nitrogens with zero attached hydrogens (tertiary/aromatic N) is 1. The number of methoxy groups -OCH3 is 1. The van der Waals surface area contributed by atoms with Gasteiger partial charge in [-0.3, -0.25) is 4.79 Å². The maximum Gasteiger partial charge on any atom is 0.248 e. The first kappa shape index (κ1) is 14.4. The van der Waals surface area contributed by atoms with E-state index in [0.29, 0.717) is 18.0 Å². The summed E-state index contributed by atoms with van der Waals surface area (Å²) < 4.78 is 4.92. The standard InChI is InChI=1S/C12H20N4O2/c1-9-7-10(12(13)17)8-11(16-9)15-4-3-14-5-6-18-2/h7-8,14H,3-6H2,1-2H3,(H2,13,17)(H,15,16). The van der Waals surface area contributed by atoms with Crippen molar-refractivity contribution >= 4 is 11.7 Å². The van der Waals surface area contributed by atoms with Crippen LogP contribution >= 0.6 is 0 Å². The van der Waals surface area contributed by atoms with E-state index in [2.05, 4.69) is 15.6 Å². The highest BCUT2D eigenvalue weighted by atomic mass is 16.5. The van der Waals surface area contributed by atoms with Crippen LogP contribution in [0, 0.1) is 6.92 Å². The van der Waals surface area contributed by atoms with Gasteiger partial charge >= 0.3 is 0 Å². The average molecular weight is 252 g/mol. The topological polar surface area (TPSA) is 89.3 Å². The molecule has 0 aliphatic carbocycles. The molecule has 6 heteroatoms. The van der Waals surface area contributed by atoms with E-state index in [4.69, 9.17) is 10.5 Å². The van der Waals surface area contributed by atoms with Crippen LogP contribution < -0.4 is 16.4 Å². The lowest BCUT2D eigenvalue weighted by molar-refractivity contribution is 0.1000. The lowest BCUT2D eigenvalue weighted by Gasteiger charge is -2.08. The second kappa shape index (κ2) is 7.62. The second-order valence-corrected chi connectivity index (χ2v) is 3.92. The van der Waals surface area contributed by atoms with Gasteiger partial charge in [-0.2, -0.15) is 0 Å². The number of carbonyl (C=O) groups is 1. The summed E-state index contributed by atoms with van der Waals surface area (Å²) in [6, 6.07) is 3.33. The van der Waals surface area contributed by atoms with Crippen molar-refractivity contribution in [2.45, 2.75) is 6.92 Å². The Morgan fingerprint density at radius 3 is 2.83 bits per heavy atom. The zero-order chi connectivity index (χ0) is 13.4. The summed E-state index contributed by atoms with van der Waals surface area (Å²) in [5.41, 5.74) is 6.48. The third kappa shape index (κ3) is 5.11. The van der Waals surface area contributed by atoms with Gasteiger partial charge in [-0.25, -0.2) is 4.98 Å². The number of carbonyl (C=O) groups excluding carboxylic acids is 1. The van der Waals surface area contributed by atoms with Gasteiger partial charge in [0, 0.05) is 38.0 Å². The Kier molecular flexibility index (Phi) is 6.10. The minimum atomic E-state index is -0.443. The van der Waals surface area contributed by atoms with E-state index in [9.17, 15) is 4.79 Å². The van der Waals surface area contributed by atoms with E-state index in [-0.39, 0.29) is 0 Å². The molecule has 0 saturated heterocycles. The van der Waals surface area contributed by atoms with Crippen molar-refractivity contribution in [3.63, 3.8) is 0 Å². The Labute approximate surface area is 107 Å². The first-order chi connectivity index (χ1) is 8.63. The Bertz CT molecular complexity index is 396. The number of primary amides is 1. The molecule has 1 heterocycles. The van der Waals surface area contributed by atoms with Gasteiger partial charge in [0.05, 0.1) is 6.61 Å². The lowest BCUT2D eigenvalue weighted by Crippen LogP contribution is -2.25. The minimum absolute atomic E-state index is 0.443. The van der Waals surface area contributed by atoms with Gasteiger partial charge in [-0.05, 0) is 19.1 Å². The predicted molar refractivity (Wildman–Crippen MR) is 70.7 cm³/mol. The predicted octanol–water partition coefficient (Wildman–Crippen LogP) is 0.137. The highest BCUT2D eigenvalue weighted by molar-refractivity contribution is 5.93. The molecule has 0 saturated carbocycles. The van der Waals surface area contributed by atoms with Crippen LogP contribution in [0.1, 0.15) is 16.1 Å². The molecule has 0 aliphatic rings. The summed E-state index contributed by atoms with van der Waals surface area (Å²) in [6.45, 7) is 4.85. The molecule has 0 aliphatic heterocycles. The second-order valence-electron chi connectivity index (χ2n) is 3.92. The van der Waals surface area contributed by atoms with Crippen molar-refractivity contribution in [2.75, 3.05) is 38.7 Å². The molecule has 0 unspecified atom stereocenters. The summed E-state index contributed by atoms with van der Waals surface area (Å²) in [4.78, 5) is 15.4. The first-order valence-corrected chi connectivity index (χ1v) is 5.85. The fourth-order valence-electron chi connectivity index (χ4n) is 1.48. The molecule has 1 amide bonds. The molecule has 100 valence electrons. The van der Waals surface area contributed by atoms with E-state index in [1.807, 2.05) is 6.92 Å². The van der Waals surface area contributed by atoms with Crippen molar-refractivity contribution in [3.8, 4) is 0 Å². The average Bonchev–Trinajstić information content (AvgIpc) is 2.33. The molecule has 1 aromatic heterocycles. The fraction of sp³-hybridized carbons (Fsp3) is 0.500. The van der Waals surface area contributed by atoms with Crippen molar-refractivity contribution < 1.29 is 9.53 Å². The van der Waals surface area contributed by atoms with Crippen LogP contribution in [0.5, 0.6) is 0 Å². The first-order valence-electron chi connectivity index (χ1n) is 5.85. The van der Waals surface area contributed by atoms with E-state index in [1.54, 1.807) is 19.2 Å². The zero-order valence-corrected chi connectivity index (χ0v) is 10.8. The molecule has 0 aromatic carbocycles. The molecule has 0 atom stereocenters. The Balaban J connectivity index is 2.40. The van der Waals surface area contributed by atoms with E-state index < -0.39 is 5.91 Å². The summed E-state index contributed by atoms with van der Waals surface area (Å²) in [5, 5.41) is 6.34. The van der Waals surface area contributed by atoms with Crippen LogP contribution in [0.3, 0.4) is 0 Å². The number of aromatic nitrogens is 1. The molecule has 4 N–H and O–H groups in total. The largest absolute Gasteiger partial charge is 0.383 e. The summed E-state index contributed by atoms with van der Waals surface area (Å²) in [7, 11) is 1.67. The van der Waals surface area contributed by atoms with Crippen molar-refractivity contribution in [1.29, 1.82) is 0 Å². The number of nitrogens with two attached hydrogens (primary N) is 1. The van der Waals surface area contributed by atoms with Gasteiger partial charge < -0.3 is 21.1 Å². The van der Waals surface area contributed by atoms with Gasteiger partial charge in [-0.15, -0.1) is 0 Å².